The number of morpholine rings is 1. The Balaban J connectivity index is 1.83. The number of hydrogen-bond donors (Lipinski definition) is 2. The van der Waals surface area contributed by atoms with Crippen LogP contribution in [0.25, 0.3) is 0 Å². The lowest BCUT2D eigenvalue weighted by Crippen LogP contribution is -2.62. The van der Waals surface area contributed by atoms with Crippen molar-refractivity contribution in [3.63, 3.8) is 0 Å². The van der Waals surface area contributed by atoms with Crippen LogP contribution in [-0.4, -0.2) is 61.6 Å². The molecule has 29 heavy (non-hydrogen) atoms. The van der Waals surface area contributed by atoms with Crippen LogP contribution in [0.5, 0.6) is 0 Å². The number of benzene rings is 1. The second kappa shape index (κ2) is 7.96. The normalized spacial score (nSPS) is 25.4. The van der Waals surface area contributed by atoms with Gasteiger partial charge in [0.25, 0.3) is 5.91 Å². The number of hydrogen-bond acceptors (Lipinski definition) is 5. The van der Waals surface area contributed by atoms with Gasteiger partial charge < -0.3 is 15.4 Å². The van der Waals surface area contributed by atoms with Gasteiger partial charge in [-0.3, -0.25) is 9.59 Å². The van der Waals surface area contributed by atoms with Gasteiger partial charge in [-0.1, -0.05) is 6.07 Å². The molecule has 160 valence electrons. The average molecular weight is 431 g/mol. The molecule has 1 aromatic carbocycles. The molecule has 2 amide bonds. The molecule has 3 rings (SSSR count). The van der Waals surface area contributed by atoms with Crippen molar-refractivity contribution in [3.05, 3.63) is 35.4 Å². The SMILES string of the molecule is CC(C)S(=O)(=O)N1C[C@H](C(=O)NCc2ccc(F)cc2F)[C@@]2(C1)OCCNC2=O. The highest BCUT2D eigenvalue weighted by atomic mass is 32.2. The second-order valence-corrected chi connectivity index (χ2v) is 9.88. The van der Waals surface area contributed by atoms with Gasteiger partial charge in [-0.15, -0.1) is 0 Å². The Labute approximate surface area is 167 Å². The van der Waals surface area contributed by atoms with Gasteiger partial charge >= 0.3 is 0 Å². The van der Waals surface area contributed by atoms with Crippen molar-refractivity contribution < 1.29 is 31.5 Å². The van der Waals surface area contributed by atoms with Crippen LogP contribution >= 0.6 is 0 Å². The average Bonchev–Trinajstić information content (AvgIpc) is 3.04. The predicted octanol–water partition coefficient (Wildman–Crippen LogP) is 0.136. The molecule has 11 heteroatoms. The molecule has 2 aliphatic heterocycles. The molecule has 1 aromatic rings. The van der Waals surface area contributed by atoms with Crippen LogP contribution in [0.2, 0.25) is 0 Å². The van der Waals surface area contributed by atoms with Gasteiger partial charge in [0.2, 0.25) is 15.9 Å². The number of carbonyl (C=O) groups is 2. The summed E-state index contributed by atoms with van der Waals surface area (Å²) < 4.78 is 58.8. The second-order valence-electron chi connectivity index (χ2n) is 7.39. The van der Waals surface area contributed by atoms with Crippen LogP contribution in [0.1, 0.15) is 19.4 Å². The Morgan fingerprint density at radius 1 is 1.41 bits per heavy atom. The van der Waals surface area contributed by atoms with Crippen LogP contribution in [-0.2, 0) is 30.9 Å². The molecular formula is C18H23F2N3O5S. The summed E-state index contributed by atoms with van der Waals surface area (Å²) in [7, 11) is -3.73. The number of ether oxygens (including phenoxy) is 1. The molecule has 2 fully saturated rings. The molecule has 0 radical (unpaired) electrons. The summed E-state index contributed by atoms with van der Waals surface area (Å²) in [4.78, 5) is 25.5. The van der Waals surface area contributed by atoms with E-state index in [1.165, 1.54) is 19.9 Å². The van der Waals surface area contributed by atoms with E-state index in [1.807, 2.05) is 0 Å². The first-order valence-corrected chi connectivity index (χ1v) is 10.7. The predicted molar refractivity (Wildman–Crippen MR) is 99.0 cm³/mol. The highest BCUT2D eigenvalue weighted by Gasteiger charge is 2.59. The number of nitrogens with one attached hydrogen (secondary N) is 2. The zero-order valence-corrected chi connectivity index (χ0v) is 16.9. The first-order chi connectivity index (χ1) is 13.6. The first-order valence-electron chi connectivity index (χ1n) is 9.21. The molecule has 8 nitrogen and oxygen atoms in total. The summed E-state index contributed by atoms with van der Waals surface area (Å²) >= 11 is 0. The van der Waals surface area contributed by atoms with Crippen molar-refractivity contribution in [2.45, 2.75) is 31.2 Å². The minimum absolute atomic E-state index is 0.0625. The maximum Gasteiger partial charge on any atom is 0.254 e. The summed E-state index contributed by atoms with van der Waals surface area (Å²) in [6.07, 6.45) is 0. The third kappa shape index (κ3) is 3.99. The van der Waals surface area contributed by atoms with Gasteiger partial charge in [0, 0.05) is 31.3 Å². The zero-order chi connectivity index (χ0) is 21.4. The van der Waals surface area contributed by atoms with Crippen molar-refractivity contribution in [1.29, 1.82) is 0 Å². The third-order valence-corrected chi connectivity index (χ3v) is 7.42. The highest BCUT2D eigenvalue weighted by Crippen LogP contribution is 2.36. The Bertz CT molecular complexity index is 924. The van der Waals surface area contributed by atoms with E-state index in [0.29, 0.717) is 6.07 Å². The van der Waals surface area contributed by atoms with E-state index in [9.17, 15) is 26.8 Å². The highest BCUT2D eigenvalue weighted by molar-refractivity contribution is 7.89. The number of rotatable bonds is 5. The van der Waals surface area contributed by atoms with Gasteiger partial charge in [-0.25, -0.2) is 17.2 Å². The van der Waals surface area contributed by atoms with E-state index in [0.717, 1.165) is 10.4 Å². The standard InChI is InChI=1S/C18H23F2N3O5S/c1-11(2)29(26,27)23-9-14(18(10-23)17(25)21-5-6-28-18)16(24)22-8-12-3-4-13(19)7-15(12)20/h3-4,7,11,14H,5-6,8-10H2,1-2H3,(H,21,25)(H,22,24)/t14-,18-/m1/s1. The molecule has 2 heterocycles. The van der Waals surface area contributed by atoms with Crippen LogP contribution in [0.4, 0.5) is 8.78 Å². The quantitative estimate of drug-likeness (QED) is 0.690. The first kappa shape index (κ1) is 21.6. The molecule has 0 unspecified atom stereocenters. The molecule has 0 bridgehead atoms. The summed E-state index contributed by atoms with van der Waals surface area (Å²) in [5, 5.41) is 4.40. The van der Waals surface area contributed by atoms with Crippen LogP contribution in [0, 0.1) is 17.6 Å². The van der Waals surface area contributed by atoms with Crippen molar-refractivity contribution in [3.8, 4) is 0 Å². The number of amides is 2. The third-order valence-electron chi connectivity index (χ3n) is 5.23. The molecule has 2 atom stereocenters. The fourth-order valence-corrected chi connectivity index (χ4v) is 4.86. The summed E-state index contributed by atoms with van der Waals surface area (Å²) in [5.74, 6) is -3.87. The van der Waals surface area contributed by atoms with Crippen LogP contribution in [0.3, 0.4) is 0 Å². The lowest BCUT2D eigenvalue weighted by atomic mass is 9.87. The number of nitrogens with zero attached hydrogens (tertiary/aromatic N) is 1. The van der Waals surface area contributed by atoms with Crippen LogP contribution in [0.15, 0.2) is 18.2 Å². The van der Waals surface area contributed by atoms with E-state index in [2.05, 4.69) is 10.6 Å². The van der Waals surface area contributed by atoms with E-state index in [4.69, 9.17) is 4.74 Å². The fraction of sp³-hybridized carbons (Fsp3) is 0.556. The van der Waals surface area contributed by atoms with Gasteiger partial charge in [-0.05, 0) is 19.9 Å². The lowest BCUT2D eigenvalue weighted by Gasteiger charge is -2.36. The van der Waals surface area contributed by atoms with E-state index in [-0.39, 0.29) is 38.3 Å². The van der Waals surface area contributed by atoms with Crippen molar-refractivity contribution >= 4 is 21.8 Å². The van der Waals surface area contributed by atoms with Crippen molar-refractivity contribution in [1.82, 2.24) is 14.9 Å². The largest absolute Gasteiger partial charge is 0.361 e. The molecule has 0 saturated carbocycles. The topological polar surface area (TPSA) is 105 Å². The minimum Gasteiger partial charge on any atom is -0.361 e. The molecule has 2 saturated heterocycles. The fourth-order valence-electron chi connectivity index (χ4n) is 3.53. The molecule has 2 aliphatic rings. The number of carbonyl (C=O) groups excluding carboxylic acids is 2. The Kier molecular flexibility index (Phi) is 5.93. The lowest BCUT2D eigenvalue weighted by molar-refractivity contribution is -0.163. The molecule has 0 aliphatic carbocycles. The molecule has 2 N–H and O–H groups in total. The van der Waals surface area contributed by atoms with Gasteiger partial charge in [0.1, 0.15) is 11.6 Å². The van der Waals surface area contributed by atoms with E-state index in [1.54, 1.807) is 0 Å². The number of halogens is 2. The zero-order valence-electron chi connectivity index (χ0n) is 16.1. The van der Waals surface area contributed by atoms with Gasteiger partial charge in [0.05, 0.1) is 24.3 Å². The molecule has 1 spiro atoms. The van der Waals surface area contributed by atoms with Crippen molar-refractivity contribution in [2.24, 2.45) is 5.92 Å². The summed E-state index contributed by atoms with van der Waals surface area (Å²) in [6, 6.07) is 2.97. The smallest absolute Gasteiger partial charge is 0.254 e. The Morgan fingerprint density at radius 3 is 2.76 bits per heavy atom. The maximum absolute atomic E-state index is 13.8. The molecular weight excluding hydrogens is 408 g/mol. The summed E-state index contributed by atoms with van der Waals surface area (Å²) in [6.45, 7) is 2.66. The minimum atomic E-state index is -3.73. The van der Waals surface area contributed by atoms with Crippen LogP contribution < -0.4 is 10.6 Å². The van der Waals surface area contributed by atoms with E-state index < -0.39 is 50.2 Å². The van der Waals surface area contributed by atoms with E-state index >= 15 is 0 Å². The molecule has 0 aromatic heterocycles. The van der Waals surface area contributed by atoms with Gasteiger partial charge in [0.15, 0.2) is 5.60 Å². The monoisotopic (exact) mass is 431 g/mol. The summed E-state index contributed by atoms with van der Waals surface area (Å²) in [5.41, 5.74) is -1.58. The van der Waals surface area contributed by atoms with Gasteiger partial charge in [-0.2, -0.15) is 4.31 Å². The number of sulfonamides is 1. The Hall–Kier alpha value is -2.11. The van der Waals surface area contributed by atoms with Crippen molar-refractivity contribution in [2.75, 3.05) is 26.2 Å². The maximum atomic E-state index is 13.8. The Morgan fingerprint density at radius 2 is 2.14 bits per heavy atom.